The number of hydrogen-bond acceptors (Lipinski definition) is 6. The van der Waals surface area contributed by atoms with Crippen LogP contribution in [0.1, 0.15) is 0 Å². The molecule has 0 radical (unpaired) electrons. The van der Waals surface area contributed by atoms with E-state index in [9.17, 15) is 9.50 Å². The summed E-state index contributed by atoms with van der Waals surface area (Å²) in [5.74, 6) is -0.202. The minimum Gasteiger partial charge on any atom is -0.508 e. The van der Waals surface area contributed by atoms with Gasteiger partial charge in [0.25, 0.3) is 0 Å². The van der Waals surface area contributed by atoms with Crippen molar-refractivity contribution in [3.8, 4) is 39.5 Å². The number of hydrogen-bond donors (Lipinski definition) is 4. The monoisotopic (exact) mass is 412 g/mol. The van der Waals surface area contributed by atoms with Gasteiger partial charge in [0, 0.05) is 41.3 Å². The zero-order chi connectivity index (χ0) is 20.9. The predicted molar refractivity (Wildman–Crippen MR) is 111 cm³/mol. The predicted octanol–water partition coefficient (Wildman–Crippen LogP) is 3.80. The number of benzene rings is 1. The molecule has 31 heavy (non-hydrogen) atoms. The molecule has 6 aromatic rings. The van der Waals surface area contributed by atoms with Gasteiger partial charge in [-0.25, -0.2) is 19.3 Å². The van der Waals surface area contributed by atoms with Crippen molar-refractivity contribution in [3.63, 3.8) is 0 Å². The smallest absolute Gasteiger partial charge is 0.161 e. The minimum atomic E-state index is -0.535. The molecule has 6 rings (SSSR count). The van der Waals surface area contributed by atoms with Crippen LogP contribution in [0.25, 0.3) is 56.0 Å². The molecular weight excluding hydrogens is 399 g/mol. The number of phenols is 1. The Balaban J connectivity index is 1.53. The molecule has 1 aromatic carbocycles. The van der Waals surface area contributed by atoms with E-state index in [2.05, 4.69) is 40.3 Å². The van der Waals surface area contributed by atoms with Gasteiger partial charge in [-0.1, -0.05) is 0 Å². The first-order valence-corrected chi connectivity index (χ1v) is 9.34. The summed E-state index contributed by atoms with van der Waals surface area (Å²) in [6.07, 6.45) is 6.84. The average molecular weight is 412 g/mol. The first-order valence-electron chi connectivity index (χ1n) is 9.34. The normalized spacial score (nSPS) is 11.5. The summed E-state index contributed by atoms with van der Waals surface area (Å²) in [4.78, 5) is 16.6. The van der Waals surface area contributed by atoms with Crippen LogP contribution in [0.2, 0.25) is 0 Å². The molecule has 0 saturated carbocycles. The molecule has 0 saturated heterocycles. The molecule has 5 aromatic heterocycles. The lowest BCUT2D eigenvalue weighted by Crippen LogP contribution is -1.85. The SMILES string of the molecule is Oc1cc(F)cc(-c2ccnc3[nH]c(-c4n[nH]c5ncc(-c6cn[nH]c6)cc45)nc23)c1. The van der Waals surface area contributed by atoms with Crippen molar-refractivity contribution in [2.45, 2.75) is 0 Å². The Morgan fingerprint density at radius 2 is 1.87 bits per heavy atom. The molecule has 9 nitrogen and oxygen atoms in total. The number of aromatic nitrogens is 8. The van der Waals surface area contributed by atoms with Gasteiger partial charge >= 0.3 is 0 Å². The first kappa shape index (κ1) is 17.3. The molecule has 5 heterocycles. The molecule has 4 N–H and O–H groups in total. The summed E-state index contributed by atoms with van der Waals surface area (Å²) in [5, 5.41) is 24.6. The highest BCUT2D eigenvalue weighted by atomic mass is 19.1. The van der Waals surface area contributed by atoms with Crippen LogP contribution >= 0.6 is 0 Å². The van der Waals surface area contributed by atoms with Crippen LogP contribution in [-0.4, -0.2) is 45.4 Å². The number of rotatable bonds is 3. The van der Waals surface area contributed by atoms with Gasteiger partial charge in [-0.15, -0.1) is 0 Å². The van der Waals surface area contributed by atoms with Crippen LogP contribution in [0.15, 0.2) is 55.1 Å². The Bertz CT molecular complexity index is 1550. The molecule has 0 aliphatic heterocycles. The zero-order valence-electron chi connectivity index (χ0n) is 15.8. The number of aromatic hydroxyl groups is 1. The lowest BCUT2D eigenvalue weighted by atomic mass is 10.1. The molecule has 0 fully saturated rings. The third kappa shape index (κ3) is 2.81. The first-order chi connectivity index (χ1) is 15.2. The van der Waals surface area contributed by atoms with Gasteiger partial charge in [0.1, 0.15) is 22.8 Å². The molecule has 0 atom stereocenters. The van der Waals surface area contributed by atoms with Gasteiger partial charge < -0.3 is 10.1 Å². The summed E-state index contributed by atoms with van der Waals surface area (Å²) < 4.78 is 13.8. The lowest BCUT2D eigenvalue weighted by molar-refractivity contribution is 0.469. The Labute approximate surface area is 173 Å². The van der Waals surface area contributed by atoms with E-state index in [0.717, 1.165) is 22.6 Å². The van der Waals surface area contributed by atoms with Gasteiger partial charge in [-0.3, -0.25) is 10.2 Å². The quantitative estimate of drug-likeness (QED) is 0.350. The molecule has 150 valence electrons. The van der Waals surface area contributed by atoms with Gasteiger partial charge in [-0.2, -0.15) is 10.2 Å². The summed E-state index contributed by atoms with van der Waals surface area (Å²) in [6.45, 7) is 0. The van der Waals surface area contributed by atoms with Crippen molar-refractivity contribution in [1.29, 1.82) is 0 Å². The summed E-state index contributed by atoms with van der Waals surface area (Å²) >= 11 is 0. The number of H-pyrrole nitrogens is 3. The van der Waals surface area contributed by atoms with Crippen LogP contribution in [-0.2, 0) is 0 Å². The number of fused-ring (bicyclic) bond motifs is 2. The lowest BCUT2D eigenvalue weighted by Gasteiger charge is -2.03. The van der Waals surface area contributed by atoms with Gasteiger partial charge in [0.2, 0.25) is 0 Å². The van der Waals surface area contributed by atoms with Crippen molar-refractivity contribution >= 4 is 22.2 Å². The van der Waals surface area contributed by atoms with E-state index in [1.165, 1.54) is 12.1 Å². The molecule has 0 aliphatic carbocycles. The maximum atomic E-state index is 13.8. The van der Waals surface area contributed by atoms with Crippen LogP contribution in [0, 0.1) is 5.82 Å². The second kappa shape index (κ2) is 6.46. The molecule has 0 unspecified atom stereocenters. The van der Waals surface area contributed by atoms with E-state index >= 15 is 0 Å². The second-order valence-electron chi connectivity index (χ2n) is 7.02. The molecule has 0 aliphatic rings. The third-order valence-electron chi connectivity index (χ3n) is 5.05. The summed E-state index contributed by atoms with van der Waals surface area (Å²) in [7, 11) is 0. The number of halogens is 1. The zero-order valence-corrected chi connectivity index (χ0v) is 15.8. The van der Waals surface area contributed by atoms with Crippen molar-refractivity contribution in [1.82, 2.24) is 40.3 Å². The van der Waals surface area contributed by atoms with E-state index in [-0.39, 0.29) is 5.75 Å². The number of nitrogens with zero attached hydrogens (tertiary/aromatic N) is 5. The van der Waals surface area contributed by atoms with E-state index in [4.69, 9.17) is 0 Å². The van der Waals surface area contributed by atoms with Crippen LogP contribution in [0.5, 0.6) is 5.75 Å². The fourth-order valence-electron chi connectivity index (χ4n) is 3.64. The highest BCUT2D eigenvalue weighted by Crippen LogP contribution is 2.33. The topological polar surface area (TPSA) is 132 Å². The average Bonchev–Trinajstić information content (AvgIpc) is 3.50. The van der Waals surface area contributed by atoms with Crippen LogP contribution in [0.4, 0.5) is 4.39 Å². The van der Waals surface area contributed by atoms with Crippen molar-refractivity contribution < 1.29 is 9.50 Å². The van der Waals surface area contributed by atoms with Crippen LogP contribution < -0.4 is 0 Å². The van der Waals surface area contributed by atoms with Crippen molar-refractivity contribution in [2.24, 2.45) is 0 Å². The molecular formula is C21H13FN8O. The van der Waals surface area contributed by atoms with Crippen molar-refractivity contribution in [2.75, 3.05) is 0 Å². The number of aromatic amines is 3. The Kier molecular flexibility index (Phi) is 3.60. The summed E-state index contributed by atoms with van der Waals surface area (Å²) in [6, 6.07) is 7.56. The summed E-state index contributed by atoms with van der Waals surface area (Å²) in [5.41, 5.74) is 5.18. The third-order valence-corrected chi connectivity index (χ3v) is 5.05. The molecule has 0 spiro atoms. The number of phenolic OH excluding ortho intramolecular Hbond substituents is 1. The highest BCUT2D eigenvalue weighted by molar-refractivity contribution is 5.96. The maximum Gasteiger partial charge on any atom is 0.161 e. The molecule has 10 heteroatoms. The second-order valence-corrected chi connectivity index (χ2v) is 7.02. The Morgan fingerprint density at radius 1 is 0.935 bits per heavy atom. The van der Waals surface area contributed by atoms with Gasteiger partial charge in [0.05, 0.1) is 11.6 Å². The maximum absolute atomic E-state index is 13.8. The van der Waals surface area contributed by atoms with E-state index in [1.807, 2.05) is 6.07 Å². The fraction of sp³-hybridized carbons (Fsp3) is 0. The number of nitrogens with one attached hydrogen (secondary N) is 3. The standard InChI is InChI=1S/C21H13FN8O/c22-13-3-10(4-14(31)6-13)15-1-2-23-20-17(15)27-21(28-20)18-16-5-11(12-8-25-26-9-12)7-24-19(16)30-29-18/h1-9,31H,(H,25,26)(H,23,27,28)(H,24,29,30). The number of pyridine rings is 2. The fourth-order valence-corrected chi connectivity index (χ4v) is 3.64. The minimum absolute atomic E-state index is 0.160. The Hall–Kier alpha value is -4.60. The van der Waals surface area contributed by atoms with E-state index in [0.29, 0.717) is 39.5 Å². The van der Waals surface area contributed by atoms with Crippen LogP contribution in [0.3, 0.4) is 0 Å². The largest absolute Gasteiger partial charge is 0.508 e. The van der Waals surface area contributed by atoms with E-state index in [1.54, 1.807) is 30.9 Å². The van der Waals surface area contributed by atoms with Gasteiger partial charge in [-0.05, 0) is 29.8 Å². The van der Waals surface area contributed by atoms with Crippen molar-refractivity contribution in [3.05, 3.63) is 60.9 Å². The molecule has 0 bridgehead atoms. The Morgan fingerprint density at radius 3 is 2.71 bits per heavy atom. The highest BCUT2D eigenvalue weighted by Gasteiger charge is 2.17. The number of imidazole rings is 1. The van der Waals surface area contributed by atoms with E-state index < -0.39 is 5.82 Å². The molecule has 0 amide bonds. The van der Waals surface area contributed by atoms with Gasteiger partial charge in [0.15, 0.2) is 17.1 Å².